The van der Waals surface area contributed by atoms with E-state index in [2.05, 4.69) is 29.4 Å². The molecule has 1 aromatic carbocycles. The first-order valence-corrected chi connectivity index (χ1v) is 7.95. The molecular formula is C18H21ClN2. The summed E-state index contributed by atoms with van der Waals surface area (Å²) in [5.74, 6) is 0.430. The van der Waals surface area contributed by atoms with Gasteiger partial charge in [-0.3, -0.25) is 4.98 Å². The number of aromatic nitrogens is 1. The minimum atomic E-state index is 0.288. The molecule has 1 heterocycles. The Morgan fingerprint density at radius 1 is 1.33 bits per heavy atom. The van der Waals surface area contributed by atoms with E-state index in [4.69, 9.17) is 11.6 Å². The summed E-state index contributed by atoms with van der Waals surface area (Å²) in [5.41, 5.74) is 5.23. The van der Waals surface area contributed by atoms with Gasteiger partial charge in [0.2, 0.25) is 0 Å². The topological polar surface area (TPSA) is 24.9 Å². The molecular weight excluding hydrogens is 280 g/mol. The summed E-state index contributed by atoms with van der Waals surface area (Å²) >= 11 is 6.10. The van der Waals surface area contributed by atoms with Crippen molar-refractivity contribution in [2.45, 2.75) is 38.1 Å². The van der Waals surface area contributed by atoms with Crippen LogP contribution in [0.2, 0.25) is 5.02 Å². The summed E-state index contributed by atoms with van der Waals surface area (Å²) in [5, 5.41) is 4.31. The number of rotatable bonds is 3. The second kappa shape index (κ2) is 6.17. The highest BCUT2D eigenvalue weighted by atomic mass is 35.5. The van der Waals surface area contributed by atoms with Crippen LogP contribution in [0.25, 0.3) is 0 Å². The lowest BCUT2D eigenvalue weighted by Crippen LogP contribution is -2.28. The largest absolute Gasteiger partial charge is 0.312 e. The molecule has 1 aromatic heterocycles. The van der Waals surface area contributed by atoms with E-state index in [0.29, 0.717) is 5.92 Å². The molecule has 0 saturated heterocycles. The van der Waals surface area contributed by atoms with Crippen molar-refractivity contribution in [3.05, 3.63) is 63.9 Å². The summed E-state index contributed by atoms with van der Waals surface area (Å²) in [4.78, 5) is 4.68. The van der Waals surface area contributed by atoms with Gasteiger partial charge >= 0.3 is 0 Å². The van der Waals surface area contributed by atoms with Gasteiger partial charge in [0.15, 0.2) is 0 Å². The van der Waals surface area contributed by atoms with Crippen LogP contribution in [0, 0.1) is 6.92 Å². The maximum absolute atomic E-state index is 6.10. The minimum Gasteiger partial charge on any atom is -0.312 e. The minimum absolute atomic E-state index is 0.288. The first-order valence-electron chi connectivity index (χ1n) is 7.58. The molecule has 1 aliphatic carbocycles. The first-order chi connectivity index (χ1) is 10.2. The van der Waals surface area contributed by atoms with Gasteiger partial charge in [0.05, 0.1) is 0 Å². The number of benzene rings is 1. The monoisotopic (exact) mass is 300 g/mol. The Bertz CT molecular complexity index is 639. The van der Waals surface area contributed by atoms with Gasteiger partial charge in [0.1, 0.15) is 0 Å². The predicted molar refractivity (Wildman–Crippen MR) is 87.9 cm³/mol. The molecule has 0 spiro atoms. The van der Waals surface area contributed by atoms with Crippen molar-refractivity contribution in [1.82, 2.24) is 10.3 Å². The Morgan fingerprint density at radius 3 is 2.95 bits per heavy atom. The van der Waals surface area contributed by atoms with Crippen LogP contribution in [-0.2, 0) is 6.42 Å². The molecule has 3 rings (SSSR count). The highest BCUT2D eigenvalue weighted by molar-refractivity contribution is 6.30. The quantitative estimate of drug-likeness (QED) is 0.907. The van der Waals surface area contributed by atoms with Crippen molar-refractivity contribution in [1.29, 1.82) is 0 Å². The number of likely N-dealkylation sites (N-methyl/N-ethyl adjacent to an activating group) is 1. The number of pyridine rings is 1. The molecule has 21 heavy (non-hydrogen) atoms. The van der Waals surface area contributed by atoms with Crippen LogP contribution in [0.4, 0.5) is 0 Å². The fourth-order valence-corrected chi connectivity index (χ4v) is 3.76. The Kier molecular flexibility index (Phi) is 4.27. The number of halogens is 1. The first kappa shape index (κ1) is 14.6. The number of aryl methyl sites for hydroxylation is 2. The Balaban J connectivity index is 2.01. The van der Waals surface area contributed by atoms with Gasteiger partial charge < -0.3 is 5.32 Å². The average molecular weight is 301 g/mol. The predicted octanol–water partition coefficient (Wildman–Crippen LogP) is 4.42. The summed E-state index contributed by atoms with van der Waals surface area (Å²) < 4.78 is 0. The van der Waals surface area contributed by atoms with E-state index in [1.54, 1.807) is 0 Å². The number of hydrogen-bond acceptors (Lipinski definition) is 2. The van der Waals surface area contributed by atoms with Crippen LogP contribution in [0.15, 0.2) is 36.5 Å². The van der Waals surface area contributed by atoms with Gasteiger partial charge in [-0.25, -0.2) is 0 Å². The Hall–Kier alpha value is -1.38. The van der Waals surface area contributed by atoms with E-state index in [1.165, 1.54) is 35.2 Å². The van der Waals surface area contributed by atoms with Crippen LogP contribution in [0.1, 0.15) is 47.2 Å². The molecule has 0 amide bonds. The van der Waals surface area contributed by atoms with Crippen molar-refractivity contribution < 1.29 is 0 Å². The highest BCUT2D eigenvalue weighted by Gasteiger charge is 2.29. The molecule has 2 nitrogen and oxygen atoms in total. The van der Waals surface area contributed by atoms with E-state index in [9.17, 15) is 0 Å². The molecule has 2 unspecified atom stereocenters. The van der Waals surface area contributed by atoms with Gasteiger partial charge in [-0.2, -0.15) is 0 Å². The van der Waals surface area contributed by atoms with Crippen molar-refractivity contribution in [2.75, 3.05) is 7.05 Å². The third kappa shape index (κ3) is 2.83. The summed E-state index contributed by atoms with van der Waals surface area (Å²) in [7, 11) is 2.04. The Morgan fingerprint density at radius 2 is 2.19 bits per heavy atom. The van der Waals surface area contributed by atoms with Crippen molar-refractivity contribution in [3.63, 3.8) is 0 Å². The molecule has 110 valence electrons. The van der Waals surface area contributed by atoms with Gasteiger partial charge in [0, 0.05) is 28.9 Å². The standard InChI is InChI=1S/C18H21ClN2/c1-12-11-14(19)8-9-15(12)18(20-2)16-7-3-5-13-6-4-10-21-17(13)16/h4,6,8-11,16,18,20H,3,5,7H2,1-2H3. The average Bonchev–Trinajstić information content (AvgIpc) is 2.50. The number of nitrogens with zero attached hydrogens (tertiary/aromatic N) is 1. The van der Waals surface area contributed by atoms with Crippen LogP contribution in [0.3, 0.4) is 0 Å². The molecule has 3 heteroatoms. The van der Waals surface area contributed by atoms with Crippen molar-refractivity contribution in [3.8, 4) is 0 Å². The molecule has 0 radical (unpaired) electrons. The van der Waals surface area contributed by atoms with Crippen molar-refractivity contribution in [2.24, 2.45) is 0 Å². The van der Waals surface area contributed by atoms with Crippen LogP contribution >= 0.6 is 11.6 Å². The second-order valence-corrected chi connectivity index (χ2v) is 6.25. The lowest BCUT2D eigenvalue weighted by molar-refractivity contribution is 0.414. The van der Waals surface area contributed by atoms with E-state index < -0.39 is 0 Å². The molecule has 0 aliphatic heterocycles. The van der Waals surface area contributed by atoms with E-state index in [0.717, 1.165) is 11.4 Å². The second-order valence-electron chi connectivity index (χ2n) is 5.81. The SMILES string of the molecule is CNC(c1ccc(Cl)cc1C)C1CCCc2cccnc21. The zero-order chi connectivity index (χ0) is 14.8. The molecule has 2 aromatic rings. The summed E-state index contributed by atoms with van der Waals surface area (Å²) in [6.07, 6.45) is 5.47. The number of fused-ring (bicyclic) bond motifs is 1. The fraction of sp³-hybridized carbons (Fsp3) is 0.389. The maximum Gasteiger partial charge on any atom is 0.0485 e. The molecule has 2 atom stereocenters. The lowest BCUT2D eigenvalue weighted by Gasteiger charge is -2.32. The van der Waals surface area contributed by atoms with Gasteiger partial charge in [-0.05, 0) is 68.1 Å². The van der Waals surface area contributed by atoms with Crippen LogP contribution in [-0.4, -0.2) is 12.0 Å². The van der Waals surface area contributed by atoms with E-state index in [1.807, 2.05) is 31.4 Å². The number of nitrogens with one attached hydrogen (secondary N) is 1. The maximum atomic E-state index is 6.10. The zero-order valence-electron chi connectivity index (χ0n) is 12.6. The van der Waals surface area contributed by atoms with E-state index >= 15 is 0 Å². The Labute approximate surface area is 131 Å². The van der Waals surface area contributed by atoms with Crippen LogP contribution < -0.4 is 5.32 Å². The van der Waals surface area contributed by atoms with Crippen LogP contribution in [0.5, 0.6) is 0 Å². The van der Waals surface area contributed by atoms with E-state index in [-0.39, 0.29) is 6.04 Å². The lowest BCUT2D eigenvalue weighted by atomic mass is 9.79. The molecule has 0 bridgehead atoms. The fourth-order valence-electron chi connectivity index (χ4n) is 3.53. The zero-order valence-corrected chi connectivity index (χ0v) is 13.3. The van der Waals surface area contributed by atoms with Gasteiger partial charge in [0.25, 0.3) is 0 Å². The highest BCUT2D eigenvalue weighted by Crippen LogP contribution is 2.40. The molecule has 1 aliphatic rings. The third-order valence-electron chi connectivity index (χ3n) is 4.52. The smallest absolute Gasteiger partial charge is 0.0485 e. The molecule has 1 N–H and O–H groups in total. The molecule has 0 fully saturated rings. The van der Waals surface area contributed by atoms with Gasteiger partial charge in [-0.15, -0.1) is 0 Å². The number of hydrogen-bond donors (Lipinski definition) is 1. The summed E-state index contributed by atoms with van der Waals surface area (Å²) in [6.45, 7) is 2.13. The summed E-state index contributed by atoms with van der Waals surface area (Å²) in [6, 6.07) is 10.7. The molecule has 0 saturated carbocycles. The van der Waals surface area contributed by atoms with Crippen molar-refractivity contribution >= 4 is 11.6 Å². The van der Waals surface area contributed by atoms with Gasteiger partial charge in [-0.1, -0.05) is 23.7 Å². The normalized spacial score (nSPS) is 19.1. The third-order valence-corrected chi connectivity index (χ3v) is 4.75.